The van der Waals surface area contributed by atoms with Crippen LogP contribution in [0.4, 0.5) is 0 Å². The maximum absolute atomic E-state index is 9.34. The molecule has 0 radical (unpaired) electrons. The van der Waals surface area contributed by atoms with Crippen LogP contribution in [0, 0.1) is 0 Å². The first kappa shape index (κ1) is 12.8. The van der Waals surface area contributed by atoms with Gasteiger partial charge in [-0.1, -0.05) is 12.1 Å². The Kier molecular flexibility index (Phi) is 4.18. The van der Waals surface area contributed by atoms with Gasteiger partial charge in [0.1, 0.15) is 0 Å². The molecule has 1 aromatic carbocycles. The molecule has 0 aliphatic heterocycles. The first-order valence-corrected chi connectivity index (χ1v) is 5.37. The third-order valence-corrected chi connectivity index (χ3v) is 3.16. The predicted molar refractivity (Wildman–Crippen MR) is 67.4 cm³/mol. The third kappa shape index (κ3) is 2.47. The van der Waals surface area contributed by atoms with Gasteiger partial charge in [0.25, 0.3) is 0 Å². The monoisotopic (exact) mass is 257 g/mol. The van der Waals surface area contributed by atoms with Crippen molar-refractivity contribution in [2.45, 2.75) is 6.04 Å². The largest absolute Gasteiger partial charge is 0.504 e. The van der Waals surface area contributed by atoms with E-state index in [1.807, 2.05) is 17.5 Å². The van der Waals surface area contributed by atoms with Gasteiger partial charge in [0.2, 0.25) is 0 Å². The maximum Gasteiger partial charge on any atom is 0.157 e. The van der Waals surface area contributed by atoms with Crippen molar-refractivity contribution in [3.05, 3.63) is 46.2 Å². The lowest BCUT2D eigenvalue weighted by Gasteiger charge is -2.10. The van der Waals surface area contributed by atoms with Crippen LogP contribution in [0.5, 0.6) is 11.5 Å². The lowest BCUT2D eigenvalue weighted by atomic mass is 10.1. The van der Waals surface area contributed by atoms with E-state index in [1.165, 1.54) is 12.1 Å². The Bertz CT molecular complexity index is 459. The zero-order chi connectivity index (χ0) is 10.8. The molecule has 2 rings (SSSR count). The fourth-order valence-corrected chi connectivity index (χ4v) is 2.12. The Hall–Kier alpha value is -1.23. The van der Waals surface area contributed by atoms with E-state index in [0.29, 0.717) is 0 Å². The van der Waals surface area contributed by atoms with Gasteiger partial charge < -0.3 is 15.9 Å². The van der Waals surface area contributed by atoms with Gasteiger partial charge in [0, 0.05) is 4.88 Å². The van der Waals surface area contributed by atoms with E-state index in [-0.39, 0.29) is 29.9 Å². The molecular formula is C11H12ClNO2S. The SMILES string of the molecule is Cl.N[C@@H](c1ccc(O)c(O)c1)c1cccs1. The number of phenols is 2. The van der Waals surface area contributed by atoms with E-state index in [9.17, 15) is 5.11 Å². The molecule has 16 heavy (non-hydrogen) atoms. The summed E-state index contributed by atoms with van der Waals surface area (Å²) < 4.78 is 0. The molecule has 2 aromatic rings. The van der Waals surface area contributed by atoms with Crippen molar-refractivity contribution in [3.63, 3.8) is 0 Å². The fourth-order valence-electron chi connectivity index (χ4n) is 1.37. The second-order valence-electron chi connectivity index (χ2n) is 3.24. The third-order valence-electron chi connectivity index (χ3n) is 2.21. The van der Waals surface area contributed by atoms with Crippen LogP contribution in [0.25, 0.3) is 0 Å². The number of phenolic OH excluding ortho intramolecular Hbond substituents is 2. The number of hydrogen-bond donors (Lipinski definition) is 3. The van der Waals surface area contributed by atoms with E-state index in [4.69, 9.17) is 10.8 Å². The molecule has 0 bridgehead atoms. The molecule has 0 aliphatic carbocycles. The number of nitrogens with two attached hydrogens (primary N) is 1. The topological polar surface area (TPSA) is 66.5 Å². The smallest absolute Gasteiger partial charge is 0.157 e. The summed E-state index contributed by atoms with van der Waals surface area (Å²) in [6, 6.07) is 8.26. The summed E-state index contributed by atoms with van der Waals surface area (Å²) in [5.41, 5.74) is 6.78. The zero-order valence-electron chi connectivity index (χ0n) is 8.33. The van der Waals surface area contributed by atoms with E-state index < -0.39 is 0 Å². The van der Waals surface area contributed by atoms with E-state index in [2.05, 4.69) is 0 Å². The standard InChI is InChI=1S/C11H11NO2S.ClH/c12-11(10-2-1-5-15-10)7-3-4-8(13)9(14)6-7;/h1-6,11,13-14H,12H2;1H/t11-;/m0./s1. The van der Waals surface area contributed by atoms with Crippen LogP contribution in [-0.4, -0.2) is 10.2 Å². The Balaban J connectivity index is 0.00000128. The second-order valence-corrected chi connectivity index (χ2v) is 4.22. The molecule has 0 amide bonds. The first-order chi connectivity index (χ1) is 7.18. The molecule has 1 atom stereocenters. The van der Waals surface area contributed by atoms with Crippen molar-refractivity contribution in [2.75, 3.05) is 0 Å². The van der Waals surface area contributed by atoms with Gasteiger partial charge in [0.05, 0.1) is 6.04 Å². The van der Waals surface area contributed by atoms with Crippen LogP contribution in [-0.2, 0) is 0 Å². The highest BCUT2D eigenvalue weighted by Crippen LogP contribution is 2.30. The molecule has 3 nitrogen and oxygen atoms in total. The summed E-state index contributed by atoms with van der Waals surface area (Å²) in [6.45, 7) is 0. The number of hydrogen-bond acceptors (Lipinski definition) is 4. The number of thiophene rings is 1. The molecule has 4 N–H and O–H groups in total. The molecule has 0 fully saturated rings. The Labute approximate surface area is 104 Å². The normalized spacial score (nSPS) is 11.8. The summed E-state index contributed by atoms with van der Waals surface area (Å²) in [6.07, 6.45) is 0. The number of rotatable bonds is 2. The van der Waals surface area contributed by atoms with Crippen LogP contribution in [0.15, 0.2) is 35.7 Å². The first-order valence-electron chi connectivity index (χ1n) is 4.49. The number of benzene rings is 1. The summed E-state index contributed by atoms with van der Waals surface area (Å²) >= 11 is 1.57. The van der Waals surface area contributed by atoms with Gasteiger partial charge in [-0.15, -0.1) is 23.7 Å². The molecule has 0 unspecified atom stereocenters. The van der Waals surface area contributed by atoms with Crippen LogP contribution in [0.1, 0.15) is 16.5 Å². The molecule has 0 spiro atoms. The van der Waals surface area contributed by atoms with Gasteiger partial charge in [-0.05, 0) is 29.1 Å². The molecule has 5 heteroatoms. The van der Waals surface area contributed by atoms with Crippen molar-refractivity contribution in [2.24, 2.45) is 5.73 Å². The lowest BCUT2D eigenvalue weighted by Crippen LogP contribution is -2.09. The van der Waals surface area contributed by atoms with Crippen molar-refractivity contribution in [1.82, 2.24) is 0 Å². The Morgan fingerprint density at radius 2 is 1.88 bits per heavy atom. The van der Waals surface area contributed by atoms with Crippen molar-refractivity contribution >= 4 is 23.7 Å². The highest BCUT2D eigenvalue weighted by atomic mass is 35.5. The molecule has 0 saturated carbocycles. The van der Waals surface area contributed by atoms with Crippen LogP contribution in [0.3, 0.4) is 0 Å². The lowest BCUT2D eigenvalue weighted by molar-refractivity contribution is 0.403. The quantitative estimate of drug-likeness (QED) is 0.725. The molecule has 86 valence electrons. The van der Waals surface area contributed by atoms with Gasteiger partial charge >= 0.3 is 0 Å². The number of halogens is 1. The minimum Gasteiger partial charge on any atom is -0.504 e. The minimum atomic E-state index is -0.253. The van der Waals surface area contributed by atoms with Crippen LogP contribution < -0.4 is 5.73 Å². The van der Waals surface area contributed by atoms with E-state index >= 15 is 0 Å². The van der Waals surface area contributed by atoms with Crippen LogP contribution >= 0.6 is 23.7 Å². The Morgan fingerprint density at radius 1 is 1.12 bits per heavy atom. The van der Waals surface area contributed by atoms with Crippen molar-refractivity contribution in [1.29, 1.82) is 0 Å². The van der Waals surface area contributed by atoms with E-state index in [0.717, 1.165) is 10.4 Å². The summed E-state index contributed by atoms with van der Waals surface area (Å²) in [4.78, 5) is 1.03. The Morgan fingerprint density at radius 3 is 2.44 bits per heavy atom. The summed E-state index contributed by atoms with van der Waals surface area (Å²) in [5, 5.41) is 20.5. The van der Waals surface area contributed by atoms with E-state index in [1.54, 1.807) is 17.4 Å². The highest BCUT2D eigenvalue weighted by Gasteiger charge is 2.11. The summed E-state index contributed by atoms with van der Waals surface area (Å²) in [5.74, 6) is -0.267. The molecule has 0 aliphatic rings. The highest BCUT2D eigenvalue weighted by molar-refractivity contribution is 7.10. The predicted octanol–water partition coefficient (Wildman–Crippen LogP) is 2.63. The van der Waals surface area contributed by atoms with Crippen molar-refractivity contribution < 1.29 is 10.2 Å². The van der Waals surface area contributed by atoms with Gasteiger partial charge in [0.15, 0.2) is 11.5 Å². The molecule has 1 heterocycles. The van der Waals surface area contributed by atoms with Crippen LogP contribution in [0.2, 0.25) is 0 Å². The second kappa shape index (κ2) is 5.21. The molecular weight excluding hydrogens is 246 g/mol. The fraction of sp³-hybridized carbons (Fsp3) is 0.0909. The summed E-state index contributed by atoms with van der Waals surface area (Å²) in [7, 11) is 0. The average Bonchev–Trinajstić information content (AvgIpc) is 2.74. The average molecular weight is 258 g/mol. The van der Waals surface area contributed by atoms with Gasteiger partial charge in [-0.3, -0.25) is 0 Å². The van der Waals surface area contributed by atoms with Gasteiger partial charge in [-0.2, -0.15) is 0 Å². The molecule has 0 saturated heterocycles. The van der Waals surface area contributed by atoms with Crippen molar-refractivity contribution in [3.8, 4) is 11.5 Å². The maximum atomic E-state index is 9.34. The van der Waals surface area contributed by atoms with Gasteiger partial charge in [-0.25, -0.2) is 0 Å². The minimum absolute atomic E-state index is 0. The number of aromatic hydroxyl groups is 2. The molecule has 1 aromatic heterocycles. The zero-order valence-corrected chi connectivity index (χ0v) is 9.96.